The maximum absolute atomic E-state index is 13.8. The number of benzene rings is 2. The van der Waals surface area contributed by atoms with Crippen molar-refractivity contribution in [1.29, 1.82) is 0 Å². The fourth-order valence-electron chi connectivity index (χ4n) is 4.92. The molecule has 0 radical (unpaired) electrons. The van der Waals surface area contributed by atoms with Crippen molar-refractivity contribution >= 4 is 0 Å². The minimum Gasteiger partial charge on any atom is -0.496 e. The molecule has 1 atom stereocenters. The van der Waals surface area contributed by atoms with Gasteiger partial charge in [-0.05, 0) is 51.0 Å². The number of alkyl halides is 3. The Labute approximate surface area is 217 Å². The SMILES string of the molecule is COc1cc(-c2nnc3n2CCCC3(Oc2ccccc2C(F)(F)F)C(C)(C)O)ccc1-c1cnc(C)o1. The van der Waals surface area contributed by atoms with Gasteiger partial charge in [0.2, 0.25) is 0 Å². The summed E-state index contributed by atoms with van der Waals surface area (Å²) in [5, 5.41) is 20.0. The molecule has 0 aliphatic carbocycles. The quantitative estimate of drug-likeness (QED) is 0.339. The zero-order valence-electron chi connectivity index (χ0n) is 21.3. The molecule has 0 spiro atoms. The fourth-order valence-corrected chi connectivity index (χ4v) is 4.92. The van der Waals surface area contributed by atoms with Crippen LogP contribution in [0.25, 0.3) is 22.7 Å². The number of para-hydroxylation sites is 1. The van der Waals surface area contributed by atoms with Gasteiger partial charge in [-0.15, -0.1) is 10.2 Å². The highest BCUT2D eigenvalue weighted by Crippen LogP contribution is 2.47. The highest BCUT2D eigenvalue weighted by Gasteiger charge is 2.54. The molecule has 0 fully saturated rings. The number of aryl methyl sites for hydroxylation is 1. The maximum Gasteiger partial charge on any atom is 0.419 e. The van der Waals surface area contributed by atoms with E-state index in [0.717, 1.165) is 6.07 Å². The topological polar surface area (TPSA) is 95.4 Å². The Kier molecular flexibility index (Phi) is 6.21. The smallest absolute Gasteiger partial charge is 0.419 e. The van der Waals surface area contributed by atoms with Gasteiger partial charge in [-0.2, -0.15) is 13.2 Å². The number of ether oxygens (including phenoxy) is 2. The van der Waals surface area contributed by atoms with Crippen LogP contribution in [0.2, 0.25) is 0 Å². The van der Waals surface area contributed by atoms with Crippen LogP contribution in [0.5, 0.6) is 11.5 Å². The molecule has 2 aromatic heterocycles. The second-order valence-corrected chi connectivity index (χ2v) is 9.74. The summed E-state index contributed by atoms with van der Waals surface area (Å²) >= 11 is 0. The molecular formula is C27H27F3N4O4. The maximum atomic E-state index is 13.8. The van der Waals surface area contributed by atoms with Crippen molar-refractivity contribution in [3.8, 4) is 34.2 Å². The average molecular weight is 529 g/mol. The van der Waals surface area contributed by atoms with Crippen LogP contribution in [0.1, 0.15) is 44.0 Å². The standard InChI is InChI=1S/C27H27F3N4O4/c1-16-31-15-22(37-16)18-11-10-17(14-21(18)36-4)23-32-33-24-26(25(2,3)35,12-7-13-34(23)24)38-20-9-6-5-8-19(20)27(28,29)30/h5-6,8-11,14-15,35H,7,12-13H2,1-4H3. The van der Waals surface area contributed by atoms with Crippen LogP contribution < -0.4 is 9.47 Å². The van der Waals surface area contributed by atoms with Crippen LogP contribution in [0.15, 0.2) is 53.1 Å². The second kappa shape index (κ2) is 9.16. The number of oxazole rings is 1. The first kappa shape index (κ1) is 25.8. The summed E-state index contributed by atoms with van der Waals surface area (Å²) in [5.41, 5.74) is -2.74. The molecule has 1 aliphatic heterocycles. The summed E-state index contributed by atoms with van der Waals surface area (Å²) in [4.78, 5) is 4.14. The third-order valence-corrected chi connectivity index (χ3v) is 6.83. The molecule has 0 saturated carbocycles. The van der Waals surface area contributed by atoms with Crippen molar-refractivity contribution in [3.63, 3.8) is 0 Å². The van der Waals surface area contributed by atoms with Gasteiger partial charge in [0.05, 0.1) is 24.4 Å². The van der Waals surface area contributed by atoms with Crippen molar-refractivity contribution in [2.75, 3.05) is 7.11 Å². The first-order valence-electron chi connectivity index (χ1n) is 12.1. The Balaban J connectivity index is 1.61. The summed E-state index contributed by atoms with van der Waals surface area (Å²) in [6.45, 7) is 5.25. The van der Waals surface area contributed by atoms with E-state index in [1.54, 1.807) is 23.8 Å². The van der Waals surface area contributed by atoms with Gasteiger partial charge < -0.3 is 23.6 Å². The normalized spacial score (nSPS) is 17.8. The number of hydrogen-bond acceptors (Lipinski definition) is 7. The number of halogens is 3. The van der Waals surface area contributed by atoms with Gasteiger partial charge in [-0.25, -0.2) is 4.98 Å². The highest BCUT2D eigenvalue weighted by atomic mass is 19.4. The molecule has 5 rings (SSSR count). The van der Waals surface area contributed by atoms with E-state index in [-0.39, 0.29) is 18.0 Å². The van der Waals surface area contributed by atoms with E-state index in [1.165, 1.54) is 39.2 Å². The molecule has 2 aromatic carbocycles. The van der Waals surface area contributed by atoms with E-state index >= 15 is 0 Å². The van der Waals surface area contributed by atoms with Gasteiger partial charge in [0, 0.05) is 19.0 Å². The van der Waals surface area contributed by atoms with Crippen molar-refractivity contribution in [2.45, 2.75) is 57.5 Å². The molecule has 1 aliphatic rings. The monoisotopic (exact) mass is 528 g/mol. The fraction of sp³-hybridized carbons (Fsp3) is 0.370. The van der Waals surface area contributed by atoms with E-state index in [9.17, 15) is 18.3 Å². The molecule has 0 bridgehead atoms. The molecule has 11 heteroatoms. The molecular weight excluding hydrogens is 501 g/mol. The number of fused-ring (bicyclic) bond motifs is 1. The molecule has 0 amide bonds. The third-order valence-electron chi connectivity index (χ3n) is 6.83. The van der Waals surface area contributed by atoms with E-state index in [2.05, 4.69) is 15.2 Å². The Bertz CT molecular complexity index is 1470. The molecule has 0 saturated heterocycles. The number of hydrogen-bond donors (Lipinski definition) is 1. The second-order valence-electron chi connectivity index (χ2n) is 9.74. The Morgan fingerprint density at radius 1 is 1.08 bits per heavy atom. The number of aliphatic hydroxyl groups is 1. The largest absolute Gasteiger partial charge is 0.496 e. The van der Waals surface area contributed by atoms with Crippen LogP contribution >= 0.6 is 0 Å². The minimum atomic E-state index is -4.63. The van der Waals surface area contributed by atoms with Gasteiger partial charge in [0.25, 0.3) is 0 Å². The van der Waals surface area contributed by atoms with Crippen LogP contribution in [0.4, 0.5) is 13.2 Å². The zero-order valence-corrected chi connectivity index (χ0v) is 21.3. The Morgan fingerprint density at radius 3 is 2.50 bits per heavy atom. The summed E-state index contributed by atoms with van der Waals surface area (Å²) in [5.74, 6) is 1.93. The van der Waals surface area contributed by atoms with Crippen LogP contribution in [0, 0.1) is 6.92 Å². The summed E-state index contributed by atoms with van der Waals surface area (Å²) in [6, 6.07) is 10.4. The van der Waals surface area contributed by atoms with Crippen LogP contribution in [0.3, 0.4) is 0 Å². The summed E-state index contributed by atoms with van der Waals surface area (Å²) < 4.78 is 60.5. The van der Waals surface area contributed by atoms with Crippen molar-refractivity contribution in [2.24, 2.45) is 0 Å². The number of nitrogens with zero attached hydrogens (tertiary/aromatic N) is 4. The highest BCUT2D eigenvalue weighted by molar-refractivity contribution is 5.71. The molecule has 38 heavy (non-hydrogen) atoms. The molecule has 1 unspecified atom stereocenters. The van der Waals surface area contributed by atoms with Crippen molar-refractivity contribution in [3.05, 3.63) is 65.9 Å². The Morgan fingerprint density at radius 2 is 1.84 bits per heavy atom. The Hall–Kier alpha value is -3.86. The van der Waals surface area contributed by atoms with Gasteiger partial charge in [-0.1, -0.05) is 18.2 Å². The summed E-state index contributed by atoms with van der Waals surface area (Å²) in [7, 11) is 1.54. The minimum absolute atomic E-state index is 0.244. The lowest BCUT2D eigenvalue weighted by Crippen LogP contribution is -2.55. The van der Waals surface area contributed by atoms with Gasteiger partial charge >= 0.3 is 6.18 Å². The van der Waals surface area contributed by atoms with E-state index < -0.39 is 22.9 Å². The first-order chi connectivity index (χ1) is 17.9. The zero-order chi connectivity index (χ0) is 27.3. The molecule has 1 N–H and O–H groups in total. The lowest BCUT2D eigenvalue weighted by atomic mass is 9.79. The average Bonchev–Trinajstić information content (AvgIpc) is 3.49. The predicted octanol–water partition coefficient (Wildman–Crippen LogP) is 5.77. The number of methoxy groups -OCH3 is 1. The molecule has 8 nitrogen and oxygen atoms in total. The predicted molar refractivity (Wildman–Crippen MR) is 132 cm³/mol. The van der Waals surface area contributed by atoms with Crippen LogP contribution in [-0.2, 0) is 18.3 Å². The van der Waals surface area contributed by atoms with Crippen molar-refractivity contribution in [1.82, 2.24) is 19.7 Å². The van der Waals surface area contributed by atoms with Gasteiger partial charge in [0.15, 0.2) is 28.9 Å². The van der Waals surface area contributed by atoms with Gasteiger partial charge in [-0.3, -0.25) is 0 Å². The van der Waals surface area contributed by atoms with Crippen LogP contribution in [-0.4, -0.2) is 37.6 Å². The van der Waals surface area contributed by atoms with E-state index in [0.29, 0.717) is 47.3 Å². The van der Waals surface area contributed by atoms with Gasteiger partial charge in [0.1, 0.15) is 17.1 Å². The van der Waals surface area contributed by atoms with Crippen molar-refractivity contribution < 1.29 is 32.2 Å². The lowest BCUT2D eigenvalue weighted by molar-refractivity contribution is -0.154. The van der Waals surface area contributed by atoms with E-state index in [1.807, 2.05) is 12.1 Å². The summed E-state index contributed by atoms with van der Waals surface area (Å²) in [6.07, 6.45) is -2.26. The molecule has 4 aromatic rings. The molecule has 200 valence electrons. The lowest BCUT2D eigenvalue weighted by Gasteiger charge is -2.45. The number of aromatic nitrogens is 4. The number of rotatable bonds is 6. The third kappa shape index (κ3) is 4.30. The molecule has 3 heterocycles. The first-order valence-corrected chi connectivity index (χ1v) is 12.1. The van der Waals surface area contributed by atoms with E-state index in [4.69, 9.17) is 13.9 Å².